The first-order valence-corrected chi connectivity index (χ1v) is 5.66. The van der Waals surface area contributed by atoms with Gasteiger partial charge in [0.25, 0.3) is 0 Å². The van der Waals surface area contributed by atoms with E-state index < -0.39 is 12.2 Å². The van der Waals surface area contributed by atoms with Gasteiger partial charge >= 0.3 is 0 Å². The quantitative estimate of drug-likeness (QED) is 0.491. The Kier molecular flexibility index (Phi) is 3.72. The fourth-order valence-corrected chi connectivity index (χ4v) is 2.25. The zero-order valence-electron chi connectivity index (χ0n) is 9.35. The Morgan fingerprint density at radius 2 is 2.06 bits per heavy atom. The molecule has 1 aromatic rings. The van der Waals surface area contributed by atoms with E-state index in [0.717, 1.165) is 0 Å². The number of hydrogen-bond donors (Lipinski definition) is 4. The van der Waals surface area contributed by atoms with Gasteiger partial charge in [-0.3, -0.25) is 0 Å². The van der Waals surface area contributed by atoms with Crippen LogP contribution in [0, 0.1) is 5.92 Å². The second-order valence-electron chi connectivity index (χ2n) is 4.39. The Morgan fingerprint density at radius 1 is 1.29 bits per heavy atom. The van der Waals surface area contributed by atoms with Gasteiger partial charge in [0.1, 0.15) is 6.10 Å². The van der Waals surface area contributed by atoms with Gasteiger partial charge in [0, 0.05) is 31.7 Å². The molecule has 0 saturated heterocycles. The first kappa shape index (κ1) is 12.4. The van der Waals surface area contributed by atoms with Crippen LogP contribution >= 0.6 is 0 Å². The molecular weight excluding hydrogens is 226 g/mol. The maximum absolute atomic E-state index is 9.85. The molecular formula is C10H17N3O4. The van der Waals surface area contributed by atoms with E-state index in [1.807, 2.05) is 0 Å². The number of nitrogens with zero attached hydrogens (tertiary/aromatic N) is 3. The lowest BCUT2D eigenvalue weighted by atomic mass is 10.1. The summed E-state index contributed by atoms with van der Waals surface area (Å²) in [4.78, 5) is 0. The lowest BCUT2D eigenvalue weighted by Crippen LogP contribution is -2.30. The van der Waals surface area contributed by atoms with Crippen molar-refractivity contribution in [1.29, 1.82) is 0 Å². The van der Waals surface area contributed by atoms with Gasteiger partial charge < -0.3 is 20.4 Å². The van der Waals surface area contributed by atoms with Crippen LogP contribution in [-0.2, 0) is 6.42 Å². The number of rotatable bonds is 4. The van der Waals surface area contributed by atoms with Crippen molar-refractivity contribution in [2.75, 3.05) is 13.2 Å². The topological polar surface area (TPSA) is 112 Å². The van der Waals surface area contributed by atoms with Crippen molar-refractivity contribution in [1.82, 2.24) is 15.0 Å². The standard InChI is InChI=1S/C10H17N3O4/c14-2-1-7-4-13(12-11-7)8-3-6(5-15)9(16)10(8)17/h4,6,8-10,14-17H,1-3,5H2/t6-,8-,9-,10+/m1/s1. The smallest absolute Gasteiger partial charge is 0.103 e. The van der Waals surface area contributed by atoms with E-state index in [-0.39, 0.29) is 25.2 Å². The SMILES string of the molecule is OCCc1cn([C@@H]2C[C@H](CO)[C@@H](O)[C@H]2O)nn1. The third-order valence-electron chi connectivity index (χ3n) is 3.27. The van der Waals surface area contributed by atoms with Gasteiger partial charge in [-0.25, -0.2) is 4.68 Å². The molecule has 0 bridgehead atoms. The Bertz CT molecular complexity index is 370. The predicted molar refractivity (Wildman–Crippen MR) is 57.1 cm³/mol. The molecule has 4 atom stereocenters. The fraction of sp³-hybridized carbons (Fsp3) is 0.800. The van der Waals surface area contributed by atoms with Crippen LogP contribution in [0.2, 0.25) is 0 Å². The molecule has 1 aliphatic carbocycles. The van der Waals surface area contributed by atoms with Crippen molar-refractivity contribution in [2.45, 2.75) is 31.1 Å². The highest BCUT2D eigenvalue weighted by molar-refractivity contribution is 4.99. The molecule has 0 aromatic carbocycles. The summed E-state index contributed by atoms with van der Waals surface area (Å²) in [5.41, 5.74) is 0.640. The Hall–Kier alpha value is -1.02. The molecule has 1 aromatic heterocycles. The molecule has 0 amide bonds. The van der Waals surface area contributed by atoms with Crippen LogP contribution in [0.3, 0.4) is 0 Å². The number of aliphatic hydroxyl groups excluding tert-OH is 4. The Balaban J connectivity index is 2.11. The molecule has 1 heterocycles. The average Bonchev–Trinajstić information content (AvgIpc) is 2.87. The van der Waals surface area contributed by atoms with Crippen molar-refractivity contribution in [3.8, 4) is 0 Å². The summed E-state index contributed by atoms with van der Waals surface area (Å²) in [7, 11) is 0. The zero-order chi connectivity index (χ0) is 12.4. The second-order valence-corrected chi connectivity index (χ2v) is 4.39. The maximum atomic E-state index is 9.85. The first-order chi connectivity index (χ1) is 8.17. The Labute approximate surface area is 98.3 Å². The van der Waals surface area contributed by atoms with E-state index in [4.69, 9.17) is 10.2 Å². The summed E-state index contributed by atoms with van der Waals surface area (Å²) < 4.78 is 1.49. The summed E-state index contributed by atoms with van der Waals surface area (Å²) in [6.45, 7) is -0.166. The van der Waals surface area contributed by atoms with E-state index in [1.165, 1.54) is 4.68 Å². The van der Waals surface area contributed by atoms with Crippen molar-refractivity contribution in [2.24, 2.45) is 5.92 Å². The van der Waals surface area contributed by atoms with E-state index in [2.05, 4.69) is 10.3 Å². The van der Waals surface area contributed by atoms with E-state index >= 15 is 0 Å². The highest BCUT2D eigenvalue weighted by Gasteiger charge is 2.42. The van der Waals surface area contributed by atoms with Crippen molar-refractivity contribution in [3.05, 3.63) is 11.9 Å². The zero-order valence-corrected chi connectivity index (χ0v) is 9.35. The van der Waals surface area contributed by atoms with Gasteiger partial charge in [-0.05, 0) is 6.42 Å². The van der Waals surface area contributed by atoms with Crippen LogP contribution in [0.4, 0.5) is 0 Å². The van der Waals surface area contributed by atoms with Crippen LogP contribution in [0.5, 0.6) is 0 Å². The molecule has 4 N–H and O–H groups in total. The molecule has 17 heavy (non-hydrogen) atoms. The van der Waals surface area contributed by atoms with Gasteiger partial charge in [-0.1, -0.05) is 5.21 Å². The number of aromatic nitrogens is 3. The van der Waals surface area contributed by atoms with Crippen LogP contribution in [0.15, 0.2) is 6.20 Å². The average molecular weight is 243 g/mol. The molecule has 96 valence electrons. The van der Waals surface area contributed by atoms with Crippen LogP contribution in [0.1, 0.15) is 18.2 Å². The number of aliphatic hydroxyl groups is 4. The minimum atomic E-state index is -0.948. The third kappa shape index (κ3) is 2.32. The third-order valence-corrected chi connectivity index (χ3v) is 3.27. The lowest BCUT2D eigenvalue weighted by molar-refractivity contribution is -0.00554. The largest absolute Gasteiger partial charge is 0.396 e. The van der Waals surface area contributed by atoms with Gasteiger partial charge in [-0.2, -0.15) is 0 Å². The molecule has 0 aliphatic heterocycles. The van der Waals surface area contributed by atoms with Crippen molar-refractivity contribution >= 4 is 0 Å². The van der Waals surface area contributed by atoms with E-state index in [1.54, 1.807) is 6.20 Å². The van der Waals surface area contributed by atoms with Crippen LogP contribution < -0.4 is 0 Å². The molecule has 1 saturated carbocycles. The normalized spacial score (nSPS) is 33.2. The first-order valence-electron chi connectivity index (χ1n) is 5.66. The van der Waals surface area contributed by atoms with Crippen LogP contribution in [0.25, 0.3) is 0 Å². The molecule has 1 fully saturated rings. The van der Waals surface area contributed by atoms with Gasteiger partial charge in [0.2, 0.25) is 0 Å². The highest BCUT2D eigenvalue weighted by Crippen LogP contribution is 2.34. The summed E-state index contributed by atoms with van der Waals surface area (Å²) >= 11 is 0. The van der Waals surface area contributed by atoms with Gasteiger partial charge in [0.05, 0.1) is 17.8 Å². The van der Waals surface area contributed by atoms with E-state index in [0.29, 0.717) is 18.5 Å². The molecule has 1 aliphatic rings. The minimum absolute atomic E-state index is 0.00615. The van der Waals surface area contributed by atoms with Crippen molar-refractivity contribution < 1.29 is 20.4 Å². The summed E-state index contributed by atoms with van der Waals surface area (Å²) in [5, 5.41) is 45.1. The molecule has 7 heteroatoms. The minimum Gasteiger partial charge on any atom is -0.396 e. The maximum Gasteiger partial charge on any atom is 0.103 e. The number of hydrogen-bond acceptors (Lipinski definition) is 6. The van der Waals surface area contributed by atoms with Gasteiger partial charge in [0.15, 0.2) is 0 Å². The predicted octanol–water partition coefficient (Wildman–Crippen LogP) is -1.91. The van der Waals surface area contributed by atoms with Crippen molar-refractivity contribution in [3.63, 3.8) is 0 Å². The summed E-state index contributed by atoms with van der Waals surface area (Å²) in [5.74, 6) is -0.333. The van der Waals surface area contributed by atoms with Gasteiger partial charge in [-0.15, -0.1) is 5.10 Å². The molecule has 0 unspecified atom stereocenters. The fourth-order valence-electron chi connectivity index (χ4n) is 2.25. The van der Waals surface area contributed by atoms with Crippen LogP contribution in [-0.4, -0.2) is 60.8 Å². The molecule has 0 spiro atoms. The Morgan fingerprint density at radius 3 is 2.65 bits per heavy atom. The lowest BCUT2D eigenvalue weighted by Gasteiger charge is -2.16. The second kappa shape index (κ2) is 5.09. The molecule has 0 radical (unpaired) electrons. The highest BCUT2D eigenvalue weighted by atomic mass is 16.3. The molecule has 7 nitrogen and oxygen atoms in total. The monoisotopic (exact) mass is 243 g/mol. The van der Waals surface area contributed by atoms with E-state index in [9.17, 15) is 10.2 Å². The molecule has 2 rings (SSSR count). The summed E-state index contributed by atoms with van der Waals surface area (Å²) in [6, 6.07) is -0.373. The summed E-state index contributed by atoms with van der Waals surface area (Å²) in [6.07, 6.45) is 0.637.